The molecule has 2 aromatic carbocycles. The first-order valence-corrected chi connectivity index (χ1v) is 25.0. The maximum atomic E-state index is 7.44. The van der Waals surface area contributed by atoms with Crippen molar-refractivity contribution in [2.45, 2.75) is 203 Å². The van der Waals surface area contributed by atoms with Gasteiger partial charge in [-0.15, -0.1) is 0 Å². The molecule has 0 N–H and O–H groups in total. The second kappa shape index (κ2) is 19.4. The summed E-state index contributed by atoms with van der Waals surface area (Å²) in [6.45, 7) is 46.4. The summed E-state index contributed by atoms with van der Waals surface area (Å²) in [5, 5.41) is 0. The molecule has 3 aliphatic heterocycles. The number of aryl methyl sites for hydroxylation is 1. The van der Waals surface area contributed by atoms with E-state index in [1.54, 1.807) is 0 Å². The summed E-state index contributed by atoms with van der Waals surface area (Å²) in [6.07, 6.45) is 18.4. The molecule has 60 heavy (non-hydrogen) atoms. The van der Waals surface area contributed by atoms with Gasteiger partial charge in [-0.2, -0.15) is 0 Å². The van der Waals surface area contributed by atoms with Gasteiger partial charge in [-0.3, -0.25) is 0 Å². The van der Waals surface area contributed by atoms with Crippen molar-refractivity contribution in [1.29, 1.82) is 0 Å². The van der Waals surface area contributed by atoms with Gasteiger partial charge in [-0.25, -0.2) is 0 Å². The summed E-state index contributed by atoms with van der Waals surface area (Å²) < 4.78 is 22.2. The molecule has 3 aliphatic rings. The van der Waals surface area contributed by atoms with Crippen LogP contribution in [0.25, 0.3) is 0 Å². The van der Waals surface area contributed by atoms with Crippen LogP contribution in [0, 0.1) is 0 Å². The van der Waals surface area contributed by atoms with Gasteiger partial charge in [0.2, 0.25) is 12.1 Å². The summed E-state index contributed by atoms with van der Waals surface area (Å²) in [6, 6.07) is 8.74. The minimum Gasteiger partial charge on any atom is -0.340 e. The van der Waals surface area contributed by atoms with Crippen molar-refractivity contribution in [3.63, 3.8) is 0 Å². The molecule has 0 aliphatic carbocycles. The Balaban J connectivity index is 1.56. The van der Waals surface area contributed by atoms with E-state index in [-0.39, 0.29) is 16.4 Å². The Bertz CT molecular complexity index is 1760. The van der Waals surface area contributed by atoms with E-state index in [9.17, 15) is 0 Å². The smallest absolute Gasteiger partial charge is 0.340 e. The highest BCUT2D eigenvalue weighted by Gasteiger charge is 2.75. The van der Waals surface area contributed by atoms with Crippen LogP contribution in [0.5, 0.6) is 11.5 Å². The van der Waals surface area contributed by atoms with E-state index >= 15 is 0 Å². The molecule has 1 fully saturated rings. The molecular weight excluding hydrogens is 737 g/mol. The maximum Gasteiger partial charge on any atom is 0.704 e. The summed E-state index contributed by atoms with van der Waals surface area (Å²) in [7, 11) is 0. The molecule has 3 heterocycles. The second-order valence-corrected chi connectivity index (χ2v) is 22.2. The van der Waals surface area contributed by atoms with E-state index in [0.717, 1.165) is 30.0 Å². The first kappa shape index (κ1) is 48.3. The number of nitrogens with zero attached hydrogens (tertiary/aromatic N) is 4. The average molecular weight is 829 g/mol. The van der Waals surface area contributed by atoms with Crippen molar-refractivity contribution in [2.24, 2.45) is 0 Å². The molecule has 0 amide bonds. The van der Waals surface area contributed by atoms with E-state index in [1.165, 1.54) is 153 Å². The van der Waals surface area contributed by atoms with E-state index in [4.69, 9.17) is 9.47 Å². The summed E-state index contributed by atoms with van der Waals surface area (Å²) in [5.41, 5.74) is 7.47. The van der Waals surface area contributed by atoms with E-state index in [1.807, 2.05) is 0 Å². The molecule has 1 saturated heterocycles. The second-order valence-electron chi connectivity index (χ2n) is 22.2. The van der Waals surface area contributed by atoms with Crippen molar-refractivity contribution in [3.05, 3.63) is 57.6 Å². The topological polar surface area (TPSA) is 24.5 Å². The van der Waals surface area contributed by atoms with Crippen molar-refractivity contribution >= 4 is 12.4 Å². The molecule has 1 unspecified atom stereocenters. The fourth-order valence-electron chi connectivity index (χ4n) is 11.6. The zero-order valence-corrected chi connectivity index (χ0v) is 41.8. The highest BCUT2D eigenvalue weighted by molar-refractivity contribution is 5.85. The molecule has 1 spiro atoms. The molecule has 1 atom stereocenters. The molecule has 0 saturated carbocycles. The third-order valence-corrected chi connectivity index (χ3v) is 14.3. The van der Waals surface area contributed by atoms with E-state index in [2.05, 4.69) is 150 Å². The third kappa shape index (κ3) is 10.2. The Morgan fingerprint density at radius 1 is 0.600 bits per heavy atom. The standard InChI is InChI=1S/C54H92N4O2/c1-16-27-57(28-17-2,29-18-3)33-23-25-43(26-24-34-58(30-19-4,31-20-5)32-21-6)44-35-42(22-7)49-45(36-44)39-55-41-53(14,15)56-40-46-37-47(51(8,9)10)38-48(52(11,12)13)50(46)60-54(55,56)59-49/h35-40,43H,16-34,41H2,1-15H3/q+4. The molecule has 0 aromatic heterocycles. The Kier molecular flexibility index (Phi) is 15.6. The highest BCUT2D eigenvalue weighted by atomic mass is 16.7. The molecule has 336 valence electrons. The van der Waals surface area contributed by atoms with Crippen molar-refractivity contribution in [1.82, 2.24) is 0 Å². The zero-order chi connectivity index (χ0) is 44.1. The lowest BCUT2D eigenvalue weighted by atomic mass is 9.79. The molecule has 0 bridgehead atoms. The minimum absolute atomic E-state index is 0.0236. The zero-order valence-electron chi connectivity index (χ0n) is 41.8. The molecule has 5 rings (SSSR count). The van der Waals surface area contributed by atoms with E-state index < -0.39 is 6.03 Å². The molecule has 6 heteroatoms. The number of fused-ring (bicyclic) bond motifs is 2. The quantitative estimate of drug-likeness (QED) is 0.0872. The normalized spacial score (nSPS) is 18.6. The van der Waals surface area contributed by atoms with Crippen LogP contribution in [-0.4, -0.2) is 101 Å². The van der Waals surface area contributed by atoms with Gasteiger partial charge in [0, 0.05) is 19.4 Å². The van der Waals surface area contributed by atoms with Crippen LogP contribution >= 0.6 is 0 Å². The first-order chi connectivity index (χ1) is 28.3. The number of ether oxygens (including phenoxy) is 2. The van der Waals surface area contributed by atoms with Gasteiger partial charge < -0.3 is 18.4 Å². The van der Waals surface area contributed by atoms with E-state index in [0.29, 0.717) is 5.92 Å². The van der Waals surface area contributed by atoms with Crippen LogP contribution in [0.1, 0.15) is 207 Å². The van der Waals surface area contributed by atoms with Crippen LogP contribution < -0.4 is 9.47 Å². The van der Waals surface area contributed by atoms with Crippen LogP contribution in [0.2, 0.25) is 0 Å². The van der Waals surface area contributed by atoms with Gasteiger partial charge >= 0.3 is 6.03 Å². The number of quaternary nitrogens is 2. The lowest BCUT2D eigenvalue weighted by Crippen LogP contribution is -2.61. The van der Waals surface area contributed by atoms with Gasteiger partial charge in [-0.05, 0) is 116 Å². The third-order valence-electron chi connectivity index (χ3n) is 14.3. The summed E-state index contributed by atoms with van der Waals surface area (Å²) in [5.74, 6) is 2.48. The van der Waals surface area contributed by atoms with Gasteiger partial charge in [0.1, 0.15) is 0 Å². The van der Waals surface area contributed by atoms with Crippen molar-refractivity contribution < 1.29 is 27.6 Å². The fourth-order valence-corrected chi connectivity index (χ4v) is 11.6. The Hall–Kier alpha value is -2.70. The molecule has 2 aromatic rings. The largest absolute Gasteiger partial charge is 0.704 e. The molecule has 6 nitrogen and oxygen atoms in total. The average Bonchev–Trinajstić information content (AvgIpc) is 3.39. The maximum absolute atomic E-state index is 7.44. The number of rotatable bonds is 22. The van der Waals surface area contributed by atoms with Gasteiger partial charge in [0.15, 0.2) is 23.9 Å². The van der Waals surface area contributed by atoms with Crippen LogP contribution in [-0.2, 0) is 17.3 Å². The Morgan fingerprint density at radius 3 is 1.53 bits per heavy atom. The van der Waals surface area contributed by atoms with Crippen molar-refractivity contribution in [2.75, 3.05) is 58.9 Å². The Labute approximate surface area is 369 Å². The number of benzene rings is 2. The molecule has 0 radical (unpaired) electrons. The highest BCUT2D eigenvalue weighted by Crippen LogP contribution is 2.47. The summed E-state index contributed by atoms with van der Waals surface area (Å²) >= 11 is 0. The predicted octanol–water partition coefficient (Wildman–Crippen LogP) is 12.3. The fraction of sp³-hybridized carbons (Fsp3) is 0.741. The van der Waals surface area contributed by atoms with Crippen LogP contribution in [0.3, 0.4) is 0 Å². The van der Waals surface area contributed by atoms with Crippen molar-refractivity contribution in [3.8, 4) is 11.5 Å². The molecular formula is C54H92N4O2+4. The lowest BCUT2D eigenvalue weighted by Gasteiger charge is -2.39. The van der Waals surface area contributed by atoms with Gasteiger partial charge in [0.05, 0.1) is 63.5 Å². The lowest BCUT2D eigenvalue weighted by molar-refractivity contribution is -0.928. The number of hydrogen-bond acceptors (Lipinski definition) is 2. The predicted molar refractivity (Wildman–Crippen MR) is 256 cm³/mol. The number of hydrogen-bond donors (Lipinski definition) is 0. The van der Waals surface area contributed by atoms with Gasteiger partial charge in [-0.1, -0.05) is 111 Å². The van der Waals surface area contributed by atoms with Crippen LogP contribution in [0.4, 0.5) is 0 Å². The SMILES string of the molecule is CCC[N+](CCC)(CCC)CCCC(CCC[N+](CCC)(CCC)CCC)c1cc2c(c(CC)c1)OC13Oc4c(cc(C(C)(C)C)cc4C(C)(C)C)C=[N+]1C(C)(C)C[N+]3=C2. The van der Waals surface area contributed by atoms with Gasteiger partial charge in [0.25, 0.3) is 0 Å². The first-order valence-electron chi connectivity index (χ1n) is 25.0. The summed E-state index contributed by atoms with van der Waals surface area (Å²) in [4.78, 5) is 0. The minimum atomic E-state index is -1.07. The van der Waals surface area contributed by atoms with Crippen LogP contribution in [0.15, 0.2) is 24.3 Å². The Morgan fingerprint density at radius 2 is 1.08 bits per heavy atom. The monoisotopic (exact) mass is 829 g/mol.